The van der Waals surface area contributed by atoms with Crippen molar-refractivity contribution in [2.45, 2.75) is 24.5 Å². The Morgan fingerprint density at radius 2 is 1.78 bits per heavy atom. The van der Waals surface area contributed by atoms with Gasteiger partial charge >= 0.3 is 6.03 Å². The van der Waals surface area contributed by atoms with Gasteiger partial charge in [-0.1, -0.05) is 0 Å². The Morgan fingerprint density at radius 3 is 2.35 bits per heavy atom. The van der Waals surface area contributed by atoms with Crippen LogP contribution in [0.15, 0.2) is 29.0 Å². The molecule has 4 atom stereocenters. The maximum absolute atomic E-state index is 13.8. The minimum Gasteiger partial charge on any atom is -0.508 e. The van der Waals surface area contributed by atoms with Crippen LogP contribution >= 0.6 is 0 Å². The molecule has 1 aromatic rings. The van der Waals surface area contributed by atoms with Gasteiger partial charge < -0.3 is 42.1 Å². The minimum atomic E-state index is -2.69. The molecule has 9 N–H and O–H groups in total. The third kappa shape index (κ3) is 3.69. The molecular formula is C24H29N5O8. The van der Waals surface area contributed by atoms with E-state index < -0.39 is 64.1 Å². The third-order valence-electron chi connectivity index (χ3n) is 7.48. The smallest absolute Gasteiger partial charge is 0.313 e. The normalized spacial score (nSPS) is 27.0. The molecule has 3 aliphatic carbocycles. The first-order valence-corrected chi connectivity index (χ1v) is 11.5. The first-order valence-electron chi connectivity index (χ1n) is 11.5. The number of phenols is 1. The number of primary amides is 2. The fraction of sp³-hybridized carbons (Fsp3) is 0.417. The van der Waals surface area contributed by atoms with E-state index in [4.69, 9.17) is 11.5 Å². The van der Waals surface area contributed by atoms with Crippen molar-refractivity contribution in [1.82, 2.24) is 10.2 Å². The number of carbonyl (C=O) groups is 4. The lowest BCUT2D eigenvalue weighted by atomic mass is 9.57. The van der Waals surface area contributed by atoms with Crippen molar-refractivity contribution >= 4 is 35.0 Å². The van der Waals surface area contributed by atoms with Crippen LogP contribution in [-0.2, 0) is 20.8 Å². The zero-order chi connectivity index (χ0) is 27.6. The second kappa shape index (κ2) is 8.78. The number of urea groups is 1. The van der Waals surface area contributed by atoms with Gasteiger partial charge in [0.15, 0.2) is 11.4 Å². The predicted molar refractivity (Wildman–Crippen MR) is 130 cm³/mol. The van der Waals surface area contributed by atoms with Crippen LogP contribution in [0.4, 0.5) is 10.5 Å². The zero-order valence-electron chi connectivity index (χ0n) is 20.5. The number of nitrogens with one attached hydrogen (secondary N) is 1. The highest BCUT2D eigenvalue weighted by Gasteiger charge is 2.64. The summed E-state index contributed by atoms with van der Waals surface area (Å²) in [6.45, 7) is 0.0155. The Morgan fingerprint density at radius 1 is 1.14 bits per heavy atom. The zero-order valence-corrected chi connectivity index (χ0v) is 20.5. The van der Waals surface area contributed by atoms with E-state index in [0.717, 1.165) is 0 Å². The van der Waals surface area contributed by atoms with E-state index in [0.29, 0.717) is 11.3 Å². The number of nitrogens with zero attached hydrogens (tertiary/aromatic N) is 2. The number of fused-ring (bicyclic) bond motifs is 3. The summed E-state index contributed by atoms with van der Waals surface area (Å²) < 4.78 is 0. The lowest BCUT2D eigenvalue weighted by molar-refractivity contribution is -0.153. The molecule has 0 spiro atoms. The molecule has 0 aromatic heterocycles. The first-order chi connectivity index (χ1) is 17.2. The highest BCUT2D eigenvalue weighted by Crippen LogP contribution is 2.53. The van der Waals surface area contributed by atoms with Gasteiger partial charge in [0.1, 0.15) is 22.8 Å². The van der Waals surface area contributed by atoms with Crippen molar-refractivity contribution in [3.8, 4) is 5.75 Å². The monoisotopic (exact) mass is 515 g/mol. The Labute approximate surface area is 211 Å². The van der Waals surface area contributed by atoms with Gasteiger partial charge in [0.2, 0.25) is 5.78 Å². The minimum absolute atomic E-state index is 0.0155. The molecule has 13 nitrogen and oxygen atoms in total. The number of benzene rings is 1. The molecule has 0 bridgehead atoms. The Bertz CT molecular complexity index is 1300. The average Bonchev–Trinajstić information content (AvgIpc) is 2.79. The molecule has 1 aromatic carbocycles. The van der Waals surface area contributed by atoms with Crippen molar-refractivity contribution < 1.29 is 39.6 Å². The van der Waals surface area contributed by atoms with Gasteiger partial charge in [-0.15, -0.1) is 0 Å². The molecule has 1 fully saturated rings. The summed E-state index contributed by atoms with van der Waals surface area (Å²) in [5, 5.41) is 46.7. The Hall–Kier alpha value is -4.10. The number of ketones is 2. The Kier molecular flexibility index (Phi) is 6.16. The maximum Gasteiger partial charge on any atom is 0.313 e. The average molecular weight is 516 g/mol. The number of carbonyl (C=O) groups excluding carboxylic acids is 4. The second-order valence-electron chi connectivity index (χ2n) is 9.82. The highest BCUT2D eigenvalue weighted by atomic mass is 16.3. The number of aromatic hydroxyl groups is 1. The van der Waals surface area contributed by atoms with Gasteiger partial charge in [-0.2, -0.15) is 0 Å². The van der Waals surface area contributed by atoms with E-state index in [1.165, 1.54) is 25.1 Å². The number of anilines is 1. The summed E-state index contributed by atoms with van der Waals surface area (Å²) in [6.07, 6.45) is 0.100. The molecule has 198 valence electrons. The van der Waals surface area contributed by atoms with Crippen molar-refractivity contribution in [3.05, 3.63) is 40.2 Å². The molecule has 3 amide bonds. The third-order valence-corrected chi connectivity index (χ3v) is 7.48. The van der Waals surface area contributed by atoms with E-state index >= 15 is 0 Å². The summed E-state index contributed by atoms with van der Waals surface area (Å²) in [6, 6.07) is 0.974. The van der Waals surface area contributed by atoms with Crippen molar-refractivity contribution in [3.63, 3.8) is 0 Å². The first kappa shape index (κ1) is 26.0. The number of phenolic OH excluding ortho intramolecular Hbond substituents is 1. The molecule has 0 aliphatic heterocycles. The molecule has 0 heterocycles. The summed E-state index contributed by atoms with van der Waals surface area (Å²) >= 11 is 0. The van der Waals surface area contributed by atoms with E-state index in [9.17, 15) is 39.6 Å². The van der Waals surface area contributed by atoms with Crippen LogP contribution < -0.4 is 21.7 Å². The number of amides is 3. The number of Topliss-reactive ketones (excluding diaryl/α,β-unsaturated/α-hetero) is 2. The number of rotatable bonds is 5. The van der Waals surface area contributed by atoms with Crippen molar-refractivity contribution in [1.29, 1.82) is 0 Å². The van der Waals surface area contributed by atoms with Crippen molar-refractivity contribution in [2.24, 2.45) is 23.3 Å². The summed E-state index contributed by atoms with van der Waals surface area (Å²) in [4.78, 5) is 53.2. The van der Waals surface area contributed by atoms with Crippen LogP contribution in [0, 0.1) is 11.8 Å². The van der Waals surface area contributed by atoms with Crippen LogP contribution in [0.25, 0.3) is 5.76 Å². The lowest BCUT2D eigenvalue weighted by Gasteiger charge is -2.50. The van der Waals surface area contributed by atoms with E-state index in [2.05, 4.69) is 5.32 Å². The SMILES string of the molecule is CN(CNC(N)=O)c1ccc(O)c2c1C[C@H]1C[C@H]3[C@H](N(C)C)C(=O)C(C(N)=O)=C(O)[C@@]3(O)C(=O)C1=C2O. The largest absolute Gasteiger partial charge is 0.508 e. The van der Waals surface area contributed by atoms with Crippen LogP contribution in [0.3, 0.4) is 0 Å². The summed E-state index contributed by atoms with van der Waals surface area (Å²) in [7, 11) is 4.72. The predicted octanol–water partition coefficient (Wildman–Crippen LogP) is -0.974. The number of nitrogens with two attached hydrogens (primary N) is 2. The fourth-order valence-corrected chi connectivity index (χ4v) is 5.87. The topological polar surface area (TPSA) is 220 Å². The summed E-state index contributed by atoms with van der Waals surface area (Å²) in [5.41, 5.74) is 7.64. The number of hydrogen-bond acceptors (Lipinski definition) is 10. The standard InChI is InChI=1S/C24H29N5O8/c1-28(2)17-11-7-9-6-10-12(29(3)8-27-23(26)36)4-5-13(30)15(10)18(31)14(9)20(33)24(11,37)21(34)16(19(17)32)22(25)35/h4-5,9,11,17,30-31,34,37H,6-8H2,1-3H3,(H2,25,35)(H3,26,27,36)/t9-,11-,17-,24-/m0/s1. The number of aliphatic hydroxyl groups is 3. The molecule has 3 aliphatic rings. The van der Waals surface area contributed by atoms with E-state index in [1.54, 1.807) is 18.0 Å². The molecule has 0 saturated heterocycles. The Balaban J connectivity index is 1.91. The van der Waals surface area contributed by atoms with Gasteiger partial charge in [-0.25, -0.2) is 4.79 Å². The molecule has 1 saturated carbocycles. The maximum atomic E-state index is 13.8. The lowest BCUT2D eigenvalue weighted by Crippen LogP contribution is -2.65. The van der Waals surface area contributed by atoms with Crippen molar-refractivity contribution in [2.75, 3.05) is 32.7 Å². The molecule has 4 rings (SSSR count). The van der Waals surface area contributed by atoms with Crippen LogP contribution in [0.2, 0.25) is 0 Å². The molecule has 37 heavy (non-hydrogen) atoms. The van der Waals surface area contributed by atoms with Gasteiger partial charge in [0, 0.05) is 24.2 Å². The van der Waals surface area contributed by atoms with Crippen LogP contribution in [0.5, 0.6) is 5.75 Å². The van der Waals surface area contributed by atoms with E-state index in [1.807, 2.05) is 0 Å². The van der Waals surface area contributed by atoms with Gasteiger partial charge in [-0.3, -0.25) is 19.3 Å². The summed E-state index contributed by atoms with van der Waals surface area (Å²) in [5.74, 6) is -7.13. The van der Waals surface area contributed by atoms with E-state index in [-0.39, 0.29) is 36.4 Å². The molecule has 13 heteroatoms. The van der Waals surface area contributed by atoms with Gasteiger partial charge in [0.05, 0.1) is 18.3 Å². The highest BCUT2D eigenvalue weighted by molar-refractivity contribution is 6.24. The fourth-order valence-electron chi connectivity index (χ4n) is 5.87. The molecule has 0 radical (unpaired) electrons. The molecule has 0 unspecified atom stereocenters. The number of hydrogen-bond donors (Lipinski definition) is 7. The quantitative estimate of drug-likeness (QED) is 0.188. The molecular weight excluding hydrogens is 486 g/mol. The van der Waals surface area contributed by atoms with Crippen LogP contribution in [-0.4, -0.2) is 88.3 Å². The second-order valence-corrected chi connectivity index (χ2v) is 9.82. The van der Waals surface area contributed by atoms with Gasteiger partial charge in [-0.05, 0) is 50.6 Å². The number of aliphatic hydroxyl groups excluding tert-OH is 2. The van der Waals surface area contributed by atoms with Crippen LogP contribution in [0.1, 0.15) is 17.5 Å². The van der Waals surface area contributed by atoms with Gasteiger partial charge in [0.25, 0.3) is 5.91 Å². The number of likely N-dealkylation sites (N-methyl/N-ethyl adjacent to an activating group) is 1.